The van der Waals surface area contributed by atoms with E-state index in [4.69, 9.17) is 0 Å². The van der Waals surface area contributed by atoms with Gasteiger partial charge in [0.1, 0.15) is 0 Å². The van der Waals surface area contributed by atoms with Crippen molar-refractivity contribution in [2.75, 3.05) is 20.0 Å². The van der Waals surface area contributed by atoms with Crippen LogP contribution in [0.15, 0.2) is 18.2 Å². The van der Waals surface area contributed by atoms with Crippen molar-refractivity contribution in [1.29, 1.82) is 0 Å². The Labute approximate surface area is 89.4 Å². The summed E-state index contributed by atoms with van der Waals surface area (Å²) >= 11 is 0. The van der Waals surface area contributed by atoms with E-state index < -0.39 is 12.2 Å². The second-order valence-electron chi connectivity index (χ2n) is 4.81. The average molecular weight is 229 g/mol. The first-order valence-electron chi connectivity index (χ1n) is 4.76. The molecule has 5 heteroatoms. The van der Waals surface area contributed by atoms with Crippen LogP contribution in [0.5, 0.6) is 5.75 Å². The molecule has 0 amide bonds. The van der Waals surface area contributed by atoms with Crippen molar-refractivity contribution >= 4 is 12.9 Å². The van der Waals surface area contributed by atoms with E-state index in [9.17, 15) is 15.2 Å². The van der Waals surface area contributed by atoms with Crippen molar-refractivity contribution in [2.45, 2.75) is 6.16 Å². The Hall–Kier alpha value is -1.15. The molecule has 0 saturated heterocycles. The molecule has 1 N–H and O–H groups in total. The predicted octanol–water partition coefficient (Wildman–Crippen LogP) is 2.44. The molecular weight excluding hydrogens is 213 g/mol. The molecule has 0 fully saturated rings. The summed E-state index contributed by atoms with van der Waals surface area (Å²) in [5.74, 6) is 0.156. The van der Waals surface area contributed by atoms with E-state index in [1.54, 1.807) is 0 Å². The van der Waals surface area contributed by atoms with Crippen LogP contribution in [0.3, 0.4) is 0 Å². The summed E-state index contributed by atoms with van der Waals surface area (Å²) in [6.07, 6.45) is 0.751. The normalized spacial score (nSPS) is 12.5. The Bertz CT molecular complexity index is 385. The molecule has 1 aromatic rings. The number of hydrogen-bond donors (Lipinski definition) is 1. The maximum absolute atomic E-state index is 10.6. The number of hydrogen-bond acceptors (Lipinski definition) is 3. The number of benzene rings is 1. The number of phenols is 1. The number of rotatable bonds is 3. The van der Waals surface area contributed by atoms with Crippen LogP contribution in [0, 0.1) is 10.1 Å². The molecule has 1 aromatic carbocycles. The fraction of sp³-hybridized carbons (Fsp3) is 0.400. The van der Waals surface area contributed by atoms with Gasteiger partial charge in [-0.3, -0.25) is 0 Å². The Morgan fingerprint density at radius 1 is 1.40 bits per heavy atom. The van der Waals surface area contributed by atoms with Gasteiger partial charge in [-0.15, -0.1) is 0 Å². The summed E-state index contributed by atoms with van der Waals surface area (Å²) in [4.78, 5) is 10.1. The molecule has 0 aliphatic rings. The topological polar surface area (TPSA) is 63.4 Å². The number of non-ortho nitro benzene ring substituents is 1. The fourth-order valence-electron chi connectivity index (χ4n) is 1.40. The van der Waals surface area contributed by atoms with Gasteiger partial charge in [-0.2, -0.15) is 0 Å². The summed E-state index contributed by atoms with van der Waals surface area (Å²) in [6.45, 7) is 6.47. The Morgan fingerprint density at radius 3 is 2.47 bits per heavy atom. The third-order valence-corrected chi connectivity index (χ3v) is 3.44. The molecule has 4 nitrogen and oxygen atoms in total. The number of phenolic OH excluding ortho intramolecular Hbond substituents is 1. The second kappa shape index (κ2) is 4.15. The van der Waals surface area contributed by atoms with E-state index in [1.807, 2.05) is 0 Å². The monoisotopic (exact) mass is 229 g/mol. The molecule has 1 rings (SSSR count). The maximum atomic E-state index is 10.6. The van der Waals surface area contributed by atoms with Gasteiger partial charge in [0.15, 0.2) is 0 Å². The SMILES string of the molecule is C[PH](C)(C)Cc1cc([N+](=O)[O-])ccc1O. The Kier molecular flexibility index (Phi) is 3.30. The van der Waals surface area contributed by atoms with Crippen LogP contribution >= 0.6 is 7.26 Å². The van der Waals surface area contributed by atoms with Gasteiger partial charge >= 0.3 is 88.8 Å². The van der Waals surface area contributed by atoms with Crippen LogP contribution in [0.1, 0.15) is 5.56 Å². The van der Waals surface area contributed by atoms with Crippen LogP contribution in [-0.2, 0) is 6.16 Å². The summed E-state index contributed by atoms with van der Waals surface area (Å²) in [7, 11) is -1.37. The zero-order valence-corrected chi connectivity index (χ0v) is 10.2. The van der Waals surface area contributed by atoms with Crippen molar-refractivity contribution in [2.24, 2.45) is 0 Å². The van der Waals surface area contributed by atoms with Gasteiger partial charge in [0.2, 0.25) is 0 Å². The molecule has 0 aromatic heterocycles. The molecule has 0 saturated carbocycles. The zero-order valence-electron chi connectivity index (χ0n) is 9.15. The van der Waals surface area contributed by atoms with Crippen molar-refractivity contribution in [3.05, 3.63) is 33.9 Å². The fourth-order valence-corrected chi connectivity index (χ4v) is 2.82. The minimum absolute atomic E-state index is 0.0426. The molecule has 0 spiro atoms. The number of nitrogens with zero attached hydrogens (tertiary/aromatic N) is 1. The summed E-state index contributed by atoms with van der Waals surface area (Å²) in [6, 6.07) is 4.18. The van der Waals surface area contributed by atoms with E-state index >= 15 is 0 Å². The molecular formula is C10H16NO3P. The van der Waals surface area contributed by atoms with E-state index in [1.165, 1.54) is 18.2 Å². The van der Waals surface area contributed by atoms with Gasteiger partial charge in [-0.1, -0.05) is 0 Å². The minimum atomic E-state index is -1.37. The zero-order chi connectivity index (χ0) is 11.6. The van der Waals surface area contributed by atoms with Crippen LogP contribution in [-0.4, -0.2) is 30.0 Å². The summed E-state index contributed by atoms with van der Waals surface area (Å²) in [5, 5.41) is 20.1. The van der Waals surface area contributed by atoms with Crippen LogP contribution in [0.2, 0.25) is 0 Å². The van der Waals surface area contributed by atoms with Crippen LogP contribution < -0.4 is 0 Å². The summed E-state index contributed by atoms with van der Waals surface area (Å²) < 4.78 is 0. The van der Waals surface area contributed by atoms with Gasteiger partial charge < -0.3 is 0 Å². The van der Waals surface area contributed by atoms with Gasteiger partial charge in [-0.25, -0.2) is 0 Å². The first-order valence-corrected chi connectivity index (χ1v) is 8.46. The van der Waals surface area contributed by atoms with E-state index in [-0.39, 0.29) is 11.4 Å². The van der Waals surface area contributed by atoms with E-state index in [0.29, 0.717) is 5.56 Å². The molecule has 15 heavy (non-hydrogen) atoms. The molecule has 0 radical (unpaired) electrons. The van der Waals surface area contributed by atoms with Crippen molar-refractivity contribution in [3.63, 3.8) is 0 Å². The van der Waals surface area contributed by atoms with Crippen LogP contribution in [0.25, 0.3) is 0 Å². The third-order valence-electron chi connectivity index (χ3n) is 1.99. The van der Waals surface area contributed by atoms with E-state index in [2.05, 4.69) is 20.0 Å². The first-order chi connectivity index (χ1) is 6.79. The molecule has 0 bridgehead atoms. The van der Waals surface area contributed by atoms with Crippen molar-refractivity contribution < 1.29 is 10.0 Å². The van der Waals surface area contributed by atoms with Gasteiger partial charge in [-0.05, 0) is 0 Å². The molecule has 0 aliphatic heterocycles. The van der Waals surface area contributed by atoms with Crippen molar-refractivity contribution in [1.82, 2.24) is 0 Å². The predicted molar refractivity (Wildman–Crippen MR) is 64.6 cm³/mol. The van der Waals surface area contributed by atoms with Gasteiger partial charge in [0.05, 0.1) is 0 Å². The van der Waals surface area contributed by atoms with Crippen molar-refractivity contribution in [3.8, 4) is 5.75 Å². The number of aromatic hydroxyl groups is 1. The number of nitro groups is 1. The Balaban J connectivity index is 3.06. The summed E-state index contributed by atoms with van der Waals surface area (Å²) in [5.41, 5.74) is 0.726. The standard InChI is InChI=1S/C10H16NO3P/c1-15(2,3)7-8-6-9(11(13)14)4-5-10(8)12/h4-6,12,15H,7H2,1-3H3. The molecule has 0 unspecified atom stereocenters. The van der Waals surface area contributed by atoms with Gasteiger partial charge in [0, 0.05) is 0 Å². The molecule has 0 atom stereocenters. The quantitative estimate of drug-likeness (QED) is 0.492. The van der Waals surface area contributed by atoms with E-state index in [0.717, 1.165) is 6.16 Å². The van der Waals surface area contributed by atoms with Gasteiger partial charge in [0.25, 0.3) is 0 Å². The third kappa shape index (κ3) is 3.48. The number of nitro benzene ring substituents is 1. The molecule has 84 valence electrons. The van der Waals surface area contributed by atoms with Crippen LogP contribution in [0.4, 0.5) is 5.69 Å². The average Bonchev–Trinajstić information content (AvgIpc) is 2.06. The molecule has 0 heterocycles. The Morgan fingerprint density at radius 2 is 2.00 bits per heavy atom. The first kappa shape index (κ1) is 11.9. The molecule has 0 aliphatic carbocycles. The second-order valence-corrected chi connectivity index (χ2v) is 10.3.